The molecule has 1 aromatic rings. The van der Waals surface area contributed by atoms with Crippen molar-refractivity contribution in [2.45, 2.75) is 25.4 Å². The van der Waals surface area contributed by atoms with Crippen molar-refractivity contribution < 1.29 is 18.6 Å². The Labute approximate surface area is 99.2 Å². The molecular formula is C13H16F2O2. The molecule has 17 heavy (non-hydrogen) atoms. The summed E-state index contributed by atoms with van der Waals surface area (Å²) >= 11 is 0. The first kappa shape index (κ1) is 12.5. The molecule has 0 unspecified atom stereocenters. The molecule has 1 heterocycles. The molecule has 1 aliphatic heterocycles. The number of aliphatic hydroxyl groups is 1. The lowest BCUT2D eigenvalue weighted by atomic mass is 9.85. The van der Waals surface area contributed by atoms with Crippen molar-refractivity contribution >= 4 is 0 Å². The molecule has 2 rings (SSSR count). The minimum atomic E-state index is -0.717. The molecule has 0 radical (unpaired) electrons. The normalized spacial score (nSPS) is 28.6. The Morgan fingerprint density at radius 2 is 2.24 bits per heavy atom. The van der Waals surface area contributed by atoms with Crippen molar-refractivity contribution in [1.82, 2.24) is 0 Å². The highest BCUT2D eigenvalue weighted by Gasteiger charge is 2.41. The fourth-order valence-corrected chi connectivity index (χ4v) is 2.46. The highest BCUT2D eigenvalue weighted by atomic mass is 19.1. The first-order valence-electron chi connectivity index (χ1n) is 5.81. The zero-order valence-corrected chi connectivity index (χ0v) is 9.75. The summed E-state index contributed by atoms with van der Waals surface area (Å²) in [5, 5.41) is 9.12. The van der Waals surface area contributed by atoms with Crippen LogP contribution in [0.15, 0.2) is 18.2 Å². The zero-order chi connectivity index (χ0) is 12.5. The van der Waals surface area contributed by atoms with Gasteiger partial charge < -0.3 is 9.84 Å². The maximum Gasteiger partial charge on any atom is 0.132 e. The Bertz CT molecular complexity index is 408. The second kappa shape index (κ2) is 4.70. The van der Waals surface area contributed by atoms with Crippen LogP contribution in [0.5, 0.6) is 0 Å². The van der Waals surface area contributed by atoms with E-state index in [1.807, 2.05) is 6.92 Å². The summed E-state index contributed by atoms with van der Waals surface area (Å²) in [5.74, 6) is -1.14. The van der Waals surface area contributed by atoms with Gasteiger partial charge in [0.05, 0.1) is 12.2 Å². The molecule has 1 fully saturated rings. The highest BCUT2D eigenvalue weighted by Crippen LogP contribution is 2.42. The van der Waals surface area contributed by atoms with Gasteiger partial charge in [0.2, 0.25) is 0 Å². The second-order valence-electron chi connectivity index (χ2n) is 4.54. The smallest absolute Gasteiger partial charge is 0.132 e. The third-order valence-electron chi connectivity index (χ3n) is 3.47. The third-order valence-corrected chi connectivity index (χ3v) is 3.47. The van der Waals surface area contributed by atoms with Crippen LogP contribution in [-0.4, -0.2) is 18.3 Å². The molecule has 0 amide bonds. The summed E-state index contributed by atoms with van der Waals surface area (Å²) in [4.78, 5) is 0. The molecule has 0 aliphatic carbocycles. The Morgan fingerprint density at radius 1 is 1.47 bits per heavy atom. The van der Waals surface area contributed by atoms with Gasteiger partial charge in [0, 0.05) is 24.2 Å². The standard InChI is InChI=1S/C13H16F2O2/c1-2-13(6-9(7-16)8-17-13)11-4-3-10(14)5-12(11)15/h3-5,9,16H,2,6-8H2,1H3/t9-,13-/m0/s1. The maximum absolute atomic E-state index is 13.8. The van der Waals surface area contributed by atoms with E-state index >= 15 is 0 Å². The second-order valence-corrected chi connectivity index (χ2v) is 4.54. The summed E-state index contributed by atoms with van der Waals surface area (Å²) in [6.07, 6.45) is 1.18. The van der Waals surface area contributed by atoms with Crippen LogP contribution >= 0.6 is 0 Å². The molecule has 94 valence electrons. The van der Waals surface area contributed by atoms with Crippen LogP contribution in [0.2, 0.25) is 0 Å². The molecule has 0 aromatic heterocycles. The first-order chi connectivity index (χ1) is 8.11. The number of halogens is 2. The van der Waals surface area contributed by atoms with Crippen LogP contribution in [0.3, 0.4) is 0 Å². The van der Waals surface area contributed by atoms with Gasteiger partial charge in [-0.1, -0.05) is 13.0 Å². The van der Waals surface area contributed by atoms with Crippen LogP contribution in [0.4, 0.5) is 8.78 Å². The van der Waals surface area contributed by atoms with Crippen molar-refractivity contribution in [3.05, 3.63) is 35.4 Å². The van der Waals surface area contributed by atoms with Crippen molar-refractivity contribution in [3.63, 3.8) is 0 Å². The van der Waals surface area contributed by atoms with Crippen molar-refractivity contribution in [3.8, 4) is 0 Å². The number of hydrogen-bond acceptors (Lipinski definition) is 2. The number of benzene rings is 1. The fourth-order valence-electron chi connectivity index (χ4n) is 2.46. The number of aliphatic hydroxyl groups excluding tert-OH is 1. The number of rotatable bonds is 3. The van der Waals surface area contributed by atoms with Crippen LogP contribution < -0.4 is 0 Å². The Morgan fingerprint density at radius 3 is 2.76 bits per heavy atom. The van der Waals surface area contributed by atoms with E-state index in [1.54, 1.807) is 0 Å². The summed E-state index contributed by atoms with van der Waals surface area (Å²) in [5.41, 5.74) is -0.331. The lowest BCUT2D eigenvalue weighted by molar-refractivity contribution is -0.00727. The van der Waals surface area contributed by atoms with Crippen LogP contribution in [0.1, 0.15) is 25.3 Å². The predicted molar refractivity (Wildman–Crippen MR) is 59.5 cm³/mol. The number of hydrogen-bond donors (Lipinski definition) is 1. The van der Waals surface area contributed by atoms with E-state index in [2.05, 4.69) is 0 Å². The Balaban J connectivity index is 2.35. The van der Waals surface area contributed by atoms with Gasteiger partial charge >= 0.3 is 0 Å². The van der Waals surface area contributed by atoms with Gasteiger partial charge in [-0.05, 0) is 18.9 Å². The van der Waals surface area contributed by atoms with Crippen molar-refractivity contribution in [2.75, 3.05) is 13.2 Å². The minimum absolute atomic E-state index is 0.0272. The highest BCUT2D eigenvalue weighted by molar-refractivity contribution is 5.26. The monoisotopic (exact) mass is 242 g/mol. The van der Waals surface area contributed by atoms with Gasteiger partial charge in [-0.3, -0.25) is 0 Å². The lowest BCUT2D eigenvalue weighted by Crippen LogP contribution is -2.25. The van der Waals surface area contributed by atoms with Crippen LogP contribution in [0, 0.1) is 17.6 Å². The van der Waals surface area contributed by atoms with Gasteiger partial charge in [0.1, 0.15) is 11.6 Å². The third kappa shape index (κ3) is 2.19. The van der Waals surface area contributed by atoms with E-state index in [4.69, 9.17) is 9.84 Å². The predicted octanol–water partition coefficient (Wildman–Crippen LogP) is 2.60. The van der Waals surface area contributed by atoms with Crippen molar-refractivity contribution in [1.29, 1.82) is 0 Å². The molecule has 1 saturated heterocycles. The van der Waals surface area contributed by atoms with Gasteiger partial charge in [-0.15, -0.1) is 0 Å². The molecule has 0 saturated carbocycles. The van der Waals surface area contributed by atoms with E-state index in [-0.39, 0.29) is 12.5 Å². The van der Waals surface area contributed by atoms with Gasteiger partial charge in [-0.2, -0.15) is 0 Å². The SMILES string of the molecule is CC[C@@]1(c2ccc(F)cc2F)C[C@@H](CO)CO1. The van der Waals surface area contributed by atoms with Gasteiger partial charge in [0.25, 0.3) is 0 Å². The summed E-state index contributed by atoms with van der Waals surface area (Å²) < 4.78 is 32.3. The molecule has 2 nitrogen and oxygen atoms in total. The average molecular weight is 242 g/mol. The average Bonchev–Trinajstić information content (AvgIpc) is 2.74. The van der Waals surface area contributed by atoms with Crippen LogP contribution in [0.25, 0.3) is 0 Å². The molecule has 1 aromatic carbocycles. The van der Waals surface area contributed by atoms with E-state index in [9.17, 15) is 8.78 Å². The molecule has 0 spiro atoms. The number of ether oxygens (including phenoxy) is 1. The first-order valence-corrected chi connectivity index (χ1v) is 5.81. The summed E-state index contributed by atoms with van der Waals surface area (Å²) in [6, 6.07) is 3.56. The minimum Gasteiger partial charge on any atom is -0.396 e. The van der Waals surface area contributed by atoms with Gasteiger partial charge in [0.15, 0.2) is 0 Å². The van der Waals surface area contributed by atoms with Gasteiger partial charge in [-0.25, -0.2) is 8.78 Å². The quantitative estimate of drug-likeness (QED) is 0.882. The van der Waals surface area contributed by atoms with Crippen molar-refractivity contribution in [2.24, 2.45) is 5.92 Å². The Kier molecular flexibility index (Phi) is 3.45. The maximum atomic E-state index is 13.8. The summed E-state index contributed by atoms with van der Waals surface area (Å²) in [6.45, 7) is 2.36. The largest absolute Gasteiger partial charge is 0.396 e. The molecule has 0 bridgehead atoms. The van der Waals surface area contributed by atoms with Crippen LogP contribution in [-0.2, 0) is 10.3 Å². The summed E-state index contributed by atoms with van der Waals surface area (Å²) in [7, 11) is 0. The fraction of sp³-hybridized carbons (Fsp3) is 0.538. The molecule has 4 heteroatoms. The van der Waals surface area contributed by atoms with E-state index in [0.29, 0.717) is 25.0 Å². The topological polar surface area (TPSA) is 29.5 Å². The van der Waals surface area contributed by atoms with E-state index in [0.717, 1.165) is 6.07 Å². The van der Waals surface area contributed by atoms with E-state index < -0.39 is 17.2 Å². The zero-order valence-electron chi connectivity index (χ0n) is 9.75. The molecule has 1 N–H and O–H groups in total. The lowest BCUT2D eigenvalue weighted by Gasteiger charge is -2.28. The molecule has 2 atom stereocenters. The Hall–Kier alpha value is -1.00. The molecule has 1 aliphatic rings. The van der Waals surface area contributed by atoms with E-state index in [1.165, 1.54) is 12.1 Å². The molecular weight excluding hydrogens is 226 g/mol.